The molecule has 1 saturated carbocycles. The summed E-state index contributed by atoms with van der Waals surface area (Å²) >= 11 is 6.10. The average Bonchev–Trinajstić information content (AvgIpc) is 2.49. The lowest BCUT2D eigenvalue weighted by Crippen LogP contribution is -2.42. The van der Waals surface area contributed by atoms with E-state index in [0.29, 0.717) is 16.6 Å². The van der Waals surface area contributed by atoms with Crippen molar-refractivity contribution in [2.75, 3.05) is 14.1 Å². The molecule has 0 heterocycles. The molecule has 0 aliphatic heterocycles. The second-order valence-electron chi connectivity index (χ2n) is 5.79. The van der Waals surface area contributed by atoms with Crippen molar-refractivity contribution in [3.8, 4) is 0 Å². The van der Waals surface area contributed by atoms with E-state index in [9.17, 15) is 9.18 Å². The van der Waals surface area contributed by atoms with Gasteiger partial charge in [0.2, 0.25) is 0 Å². The number of nitrogens with one attached hydrogen (secondary N) is 1. The maximum Gasteiger partial charge on any atom is 0.255 e. The molecular formula is C16H22ClFN2O. The van der Waals surface area contributed by atoms with Crippen LogP contribution in [-0.2, 0) is 0 Å². The minimum absolute atomic E-state index is 0.197. The molecule has 0 saturated heterocycles. The molecule has 1 fully saturated rings. The Hall–Kier alpha value is -1.13. The maximum absolute atomic E-state index is 13.7. The summed E-state index contributed by atoms with van der Waals surface area (Å²) in [5.41, 5.74) is 0.701. The molecule has 0 spiro atoms. The number of benzene rings is 1. The summed E-state index contributed by atoms with van der Waals surface area (Å²) < 4.78 is 13.7. The van der Waals surface area contributed by atoms with Crippen LogP contribution in [0.2, 0.25) is 5.02 Å². The Bertz CT molecular complexity index is 527. The van der Waals surface area contributed by atoms with E-state index in [1.165, 1.54) is 12.1 Å². The second kappa shape index (κ2) is 6.75. The third kappa shape index (κ3) is 3.55. The first-order valence-corrected chi connectivity index (χ1v) is 7.72. The van der Waals surface area contributed by atoms with Crippen LogP contribution in [0.4, 0.5) is 4.39 Å². The van der Waals surface area contributed by atoms with Gasteiger partial charge in [0.05, 0.1) is 10.6 Å². The van der Waals surface area contributed by atoms with E-state index >= 15 is 0 Å². The summed E-state index contributed by atoms with van der Waals surface area (Å²) in [6, 6.07) is 3.48. The first-order valence-electron chi connectivity index (χ1n) is 7.34. The lowest BCUT2D eigenvalue weighted by atomic mass is 9.90. The molecule has 1 amide bonds. The minimum atomic E-state index is -0.393. The summed E-state index contributed by atoms with van der Waals surface area (Å²) in [4.78, 5) is 14.2. The van der Waals surface area contributed by atoms with Crippen LogP contribution in [0.15, 0.2) is 12.1 Å². The van der Waals surface area contributed by atoms with Crippen molar-refractivity contribution >= 4 is 17.5 Å². The molecule has 5 heteroatoms. The molecule has 1 aliphatic rings. The van der Waals surface area contributed by atoms with Crippen LogP contribution in [0.25, 0.3) is 0 Å². The van der Waals surface area contributed by atoms with Gasteiger partial charge in [-0.25, -0.2) is 4.39 Å². The van der Waals surface area contributed by atoms with E-state index in [-0.39, 0.29) is 17.5 Å². The fraction of sp³-hybridized carbons (Fsp3) is 0.562. The number of hydrogen-bond acceptors (Lipinski definition) is 2. The van der Waals surface area contributed by atoms with Crippen molar-refractivity contribution < 1.29 is 9.18 Å². The number of amides is 1. The van der Waals surface area contributed by atoms with E-state index in [1.54, 1.807) is 18.9 Å². The van der Waals surface area contributed by atoms with E-state index in [0.717, 1.165) is 25.7 Å². The Morgan fingerprint density at radius 2 is 1.95 bits per heavy atom. The van der Waals surface area contributed by atoms with E-state index in [2.05, 4.69) is 5.32 Å². The third-order valence-corrected chi connectivity index (χ3v) is 4.76. The quantitative estimate of drug-likeness (QED) is 0.928. The van der Waals surface area contributed by atoms with Crippen LogP contribution in [-0.4, -0.2) is 37.0 Å². The van der Waals surface area contributed by atoms with Gasteiger partial charge >= 0.3 is 0 Å². The fourth-order valence-corrected chi connectivity index (χ4v) is 3.22. The van der Waals surface area contributed by atoms with Crippen molar-refractivity contribution in [1.29, 1.82) is 0 Å². The van der Waals surface area contributed by atoms with Crippen molar-refractivity contribution in [1.82, 2.24) is 10.2 Å². The summed E-state index contributed by atoms with van der Waals surface area (Å²) in [5.74, 6) is -0.596. The number of carbonyl (C=O) groups excluding carboxylic acids is 1. The van der Waals surface area contributed by atoms with Crippen LogP contribution in [0, 0.1) is 12.7 Å². The molecular weight excluding hydrogens is 291 g/mol. The zero-order chi connectivity index (χ0) is 15.6. The first-order chi connectivity index (χ1) is 9.93. The predicted molar refractivity (Wildman–Crippen MR) is 83.3 cm³/mol. The molecule has 1 aliphatic carbocycles. The third-order valence-electron chi connectivity index (χ3n) is 4.45. The van der Waals surface area contributed by atoms with Gasteiger partial charge in [0.25, 0.3) is 5.91 Å². The Morgan fingerprint density at radius 1 is 1.33 bits per heavy atom. The highest BCUT2D eigenvalue weighted by molar-refractivity contribution is 6.33. The predicted octanol–water partition coefficient (Wildman–Crippen LogP) is 3.39. The fourth-order valence-electron chi connectivity index (χ4n) is 2.92. The lowest BCUT2D eigenvalue weighted by Gasteiger charge is -2.34. The molecule has 1 N–H and O–H groups in total. The highest BCUT2D eigenvalue weighted by Crippen LogP contribution is 2.26. The number of aryl methyl sites for hydroxylation is 1. The van der Waals surface area contributed by atoms with Gasteiger partial charge in [-0.1, -0.05) is 11.6 Å². The second-order valence-corrected chi connectivity index (χ2v) is 6.20. The lowest BCUT2D eigenvalue weighted by molar-refractivity contribution is 0.0685. The highest BCUT2D eigenvalue weighted by Gasteiger charge is 2.27. The standard InChI is InChI=1S/C16H22ClFN2O/c1-10-8-14(17)13(9-15(10)18)16(21)20(3)12-6-4-11(19-2)5-7-12/h8-9,11-12,19H,4-7H2,1-3H3. The number of halogens is 2. The molecule has 0 atom stereocenters. The SMILES string of the molecule is CNC1CCC(N(C)C(=O)c2cc(F)c(C)cc2Cl)CC1. The summed E-state index contributed by atoms with van der Waals surface area (Å²) in [5, 5.41) is 3.59. The summed E-state index contributed by atoms with van der Waals surface area (Å²) in [6.07, 6.45) is 4.02. The summed E-state index contributed by atoms with van der Waals surface area (Å²) in [7, 11) is 3.75. The van der Waals surface area contributed by atoms with Crippen molar-refractivity contribution in [3.05, 3.63) is 34.1 Å². The first kappa shape index (κ1) is 16.2. The molecule has 0 unspecified atom stereocenters. The van der Waals surface area contributed by atoms with Gasteiger partial charge in [0.1, 0.15) is 5.82 Å². The van der Waals surface area contributed by atoms with Gasteiger partial charge < -0.3 is 10.2 Å². The molecule has 1 aromatic rings. The number of hydrogen-bond donors (Lipinski definition) is 1. The molecule has 21 heavy (non-hydrogen) atoms. The summed E-state index contributed by atoms with van der Waals surface area (Å²) in [6.45, 7) is 1.64. The maximum atomic E-state index is 13.7. The monoisotopic (exact) mass is 312 g/mol. The Labute approximate surface area is 130 Å². The van der Waals surface area contributed by atoms with Crippen molar-refractivity contribution in [2.45, 2.75) is 44.7 Å². The van der Waals surface area contributed by atoms with Crippen LogP contribution in [0.3, 0.4) is 0 Å². The molecule has 3 nitrogen and oxygen atoms in total. The Balaban J connectivity index is 2.11. The largest absolute Gasteiger partial charge is 0.339 e. The number of nitrogens with zero attached hydrogens (tertiary/aromatic N) is 1. The normalized spacial score (nSPS) is 22.1. The number of rotatable bonds is 3. The van der Waals surface area contributed by atoms with Crippen LogP contribution in [0.1, 0.15) is 41.6 Å². The minimum Gasteiger partial charge on any atom is -0.339 e. The van der Waals surface area contributed by atoms with E-state index < -0.39 is 5.82 Å². The zero-order valence-electron chi connectivity index (χ0n) is 12.7. The van der Waals surface area contributed by atoms with Gasteiger partial charge in [-0.2, -0.15) is 0 Å². The van der Waals surface area contributed by atoms with Gasteiger partial charge in [-0.05, 0) is 57.4 Å². The molecule has 0 aromatic heterocycles. The van der Waals surface area contributed by atoms with E-state index in [4.69, 9.17) is 11.6 Å². The smallest absolute Gasteiger partial charge is 0.255 e. The van der Waals surface area contributed by atoms with Gasteiger partial charge in [0.15, 0.2) is 0 Å². The Morgan fingerprint density at radius 3 is 2.52 bits per heavy atom. The van der Waals surface area contributed by atoms with Crippen LogP contribution >= 0.6 is 11.6 Å². The van der Waals surface area contributed by atoms with Crippen LogP contribution < -0.4 is 5.32 Å². The van der Waals surface area contributed by atoms with Gasteiger partial charge in [-0.15, -0.1) is 0 Å². The Kier molecular flexibility index (Phi) is 5.22. The average molecular weight is 313 g/mol. The van der Waals surface area contributed by atoms with Crippen molar-refractivity contribution in [3.63, 3.8) is 0 Å². The zero-order valence-corrected chi connectivity index (χ0v) is 13.5. The topological polar surface area (TPSA) is 32.3 Å². The number of carbonyl (C=O) groups is 1. The van der Waals surface area contributed by atoms with Gasteiger partial charge in [0, 0.05) is 19.1 Å². The molecule has 0 radical (unpaired) electrons. The molecule has 1 aromatic carbocycles. The molecule has 2 rings (SSSR count). The molecule has 0 bridgehead atoms. The van der Waals surface area contributed by atoms with Crippen molar-refractivity contribution in [2.24, 2.45) is 0 Å². The highest BCUT2D eigenvalue weighted by atomic mass is 35.5. The molecule has 116 valence electrons. The van der Waals surface area contributed by atoms with E-state index in [1.807, 2.05) is 7.05 Å². The van der Waals surface area contributed by atoms with Crippen LogP contribution in [0.5, 0.6) is 0 Å². The van der Waals surface area contributed by atoms with Gasteiger partial charge in [-0.3, -0.25) is 4.79 Å².